The van der Waals surface area contributed by atoms with Crippen LogP contribution >= 0.6 is 0 Å². The lowest BCUT2D eigenvalue weighted by Crippen LogP contribution is -2.48. The van der Waals surface area contributed by atoms with Gasteiger partial charge in [-0.15, -0.1) is 0 Å². The highest BCUT2D eigenvalue weighted by Gasteiger charge is 2.31. The van der Waals surface area contributed by atoms with E-state index in [0.29, 0.717) is 0 Å². The minimum absolute atomic E-state index is 0.884. The van der Waals surface area contributed by atoms with Crippen molar-refractivity contribution in [2.24, 2.45) is 11.7 Å². The second kappa shape index (κ2) is 4.43. The van der Waals surface area contributed by atoms with E-state index in [2.05, 4.69) is 4.90 Å². The lowest BCUT2D eigenvalue weighted by Gasteiger charge is -2.44. The van der Waals surface area contributed by atoms with Gasteiger partial charge in [0, 0.05) is 6.04 Å². The molecule has 2 rings (SSSR count). The van der Waals surface area contributed by atoms with E-state index in [1.54, 1.807) is 0 Å². The Morgan fingerprint density at radius 1 is 1.08 bits per heavy atom. The Kier molecular flexibility index (Phi) is 3.23. The summed E-state index contributed by atoms with van der Waals surface area (Å²) in [5, 5.41) is 0. The summed E-state index contributed by atoms with van der Waals surface area (Å²) in [7, 11) is 0. The number of hydrogen-bond donors (Lipinski definition) is 1. The molecule has 2 aliphatic heterocycles. The molecule has 2 nitrogen and oxygen atoms in total. The van der Waals surface area contributed by atoms with Gasteiger partial charge >= 0.3 is 0 Å². The van der Waals surface area contributed by atoms with Crippen molar-refractivity contribution >= 4 is 0 Å². The third-order valence-electron chi connectivity index (χ3n) is 3.77. The van der Waals surface area contributed by atoms with Gasteiger partial charge in [0.15, 0.2) is 0 Å². The molecule has 0 radical (unpaired) electrons. The lowest BCUT2D eigenvalue weighted by molar-refractivity contribution is 0.0569. The molecule has 0 amide bonds. The monoisotopic (exact) mass is 182 g/mol. The molecule has 2 atom stereocenters. The van der Waals surface area contributed by atoms with Crippen LogP contribution in [0.5, 0.6) is 0 Å². The maximum atomic E-state index is 5.66. The summed E-state index contributed by atoms with van der Waals surface area (Å²) in [6.07, 6.45) is 8.39. The average Bonchev–Trinajstić information content (AvgIpc) is 2.19. The third-order valence-corrected chi connectivity index (χ3v) is 3.77. The Hall–Kier alpha value is -0.0800. The highest BCUT2D eigenvalue weighted by Crippen LogP contribution is 2.32. The highest BCUT2D eigenvalue weighted by atomic mass is 15.2. The first-order valence-electron chi connectivity index (χ1n) is 5.86. The van der Waals surface area contributed by atoms with Crippen molar-refractivity contribution in [1.82, 2.24) is 4.90 Å². The zero-order valence-electron chi connectivity index (χ0n) is 8.54. The normalized spacial score (nSPS) is 35.8. The Balaban J connectivity index is 1.94. The SMILES string of the molecule is NCC[C@@H]1CCCN2CCCC[C@H]12. The molecular weight excluding hydrogens is 160 g/mol. The van der Waals surface area contributed by atoms with Crippen LogP contribution < -0.4 is 5.73 Å². The van der Waals surface area contributed by atoms with Gasteiger partial charge < -0.3 is 10.6 Å². The summed E-state index contributed by atoms with van der Waals surface area (Å²) in [5.74, 6) is 0.916. The average molecular weight is 182 g/mol. The number of hydrogen-bond acceptors (Lipinski definition) is 2. The van der Waals surface area contributed by atoms with Crippen LogP contribution in [0.3, 0.4) is 0 Å². The molecule has 2 heteroatoms. The van der Waals surface area contributed by atoms with Crippen LogP contribution in [0, 0.1) is 5.92 Å². The van der Waals surface area contributed by atoms with Gasteiger partial charge in [-0.25, -0.2) is 0 Å². The lowest BCUT2D eigenvalue weighted by atomic mass is 9.82. The third kappa shape index (κ3) is 2.05. The second-order valence-electron chi connectivity index (χ2n) is 4.58. The van der Waals surface area contributed by atoms with E-state index in [9.17, 15) is 0 Å². The van der Waals surface area contributed by atoms with Crippen LogP contribution in [0.25, 0.3) is 0 Å². The zero-order chi connectivity index (χ0) is 9.10. The fraction of sp³-hybridized carbons (Fsp3) is 1.00. The van der Waals surface area contributed by atoms with Gasteiger partial charge in [0.25, 0.3) is 0 Å². The van der Waals surface area contributed by atoms with Gasteiger partial charge in [-0.2, -0.15) is 0 Å². The molecule has 0 aliphatic carbocycles. The van der Waals surface area contributed by atoms with Crippen molar-refractivity contribution in [2.75, 3.05) is 19.6 Å². The molecule has 0 aromatic carbocycles. The van der Waals surface area contributed by atoms with Crippen molar-refractivity contribution in [3.63, 3.8) is 0 Å². The number of rotatable bonds is 2. The molecule has 2 heterocycles. The Labute approximate surface area is 81.5 Å². The summed E-state index contributed by atoms with van der Waals surface area (Å²) in [4.78, 5) is 2.72. The molecular formula is C11H22N2. The van der Waals surface area contributed by atoms with Crippen molar-refractivity contribution in [3.8, 4) is 0 Å². The molecule has 76 valence electrons. The Morgan fingerprint density at radius 2 is 1.92 bits per heavy atom. The predicted molar refractivity (Wildman–Crippen MR) is 55.6 cm³/mol. The molecule has 0 bridgehead atoms. The molecule has 2 saturated heterocycles. The maximum Gasteiger partial charge on any atom is 0.0124 e. The topological polar surface area (TPSA) is 29.3 Å². The largest absolute Gasteiger partial charge is 0.330 e. The van der Waals surface area contributed by atoms with Crippen LogP contribution in [0.15, 0.2) is 0 Å². The molecule has 13 heavy (non-hydrogen) atoms. The first kappa shape index (κ1) is 9.47. The summed E-state index contributed by atoms with van der Waals surface area (Å²) >= 11 is 0. The van der Waals surface area contributed by atoms with Crippen LogP contribution in [0.2, 0.25) is 0 Å². The van der Waals surface area contributed by atoms with Crippen molar-refractivity contribution < 1.29 is 0 Å². The van der Waals surface area contributed by atoms with E-state index in [4.69, 9.17) is 5.73 Å². The van der Waals surface area contributed by atoms with Gasteiger partial charge in [0.2, 0.25) is 0 Å². The highest BCUT2D eigenvalue weighted by molar-refractivity contribution is 4.86. The number of piperidine rings is 2. The van der Waals surface area contributed by atoms with Gasteiger partial charge in [-0.05, 0) is 57.7 Å². The second-order valence-corrected chi connectivity index (χ2v) is 4.58. The number of nitrogens with zero attached hydrogens (tertiary/aromatic N) is 1. The van der Waals surface area contributed by atoms with Crippen molar-refractivity contribution in [3.05, 3.63) is 0 Å². The van der Waals surface area contributed by atoms with E-state index in [1.807, 2.05) is 0 Å². The molecule has 0 spiro atoms. The molecule has 2 aliphatic rings. The summed E-state index contributed by atoms with van der Waals surface area (Å²) in [6.45, 7) is 3.59. The Bertz CT molecular complexity index is 154. The molecule has 2 N–H and O–H groups in total. The summed E-state index contributed by atoms with van der Waals surface area (Å²) in [5.41, 5.74) is 5.66. The van der Waals surface area contributed by atoms with Crippen LogP contribution in [-0.2, 0) is 0 Å². The van der Waals surface area contributed by atoms with Crippen molar-refractivity contribution in [1.29, 1.82) is 0 Å². The predicted octanol–water partition coefficient (Wildman–Crippen LogP) is 1.60. The molecule has 0 aromatic heterocycles. The molecule has 2 fully saturated rings. The van der Waals surface area contributed by atoms with Crippen LogP contribution in [-0.4, -0.2) is 30.6 Å². The first-order valence-corrected chi connectivity index (χ1v) is 5.86. The maximum absolute atomic E-state index is 5.66. The smallest absolute Gasteiger partial charge is 0.0124 e. The standard InChI is InChI=1S/C11H22N2/c12-7-6-10-4-3-9-13-8-2-1-5-11(10)13/h10-11H,1-9,12H2/t10-,11+/m0/s1. The van der Waals surface area contributed by atoms with Gasteiger partial charge in [0.05, 0.1) is 0 Å². The van der Waals surface area contributed by atoms with Gasteiger partial charge in [-0.1, -0.05) is 6.42 Å². The summed E-state index contributed by atoms with van der Waals surface area (Å²) in [6, 6.07) is 0.894. The van der Waals surface area contributed by atoms with E-state index >= 15 is 0 Å². The fourth-order valence-electron chi connectivity index (χ4n) is 3.13. The van der Waals surface area contributed by atoms with E-state index in [-0.39, 0.29) is 0 Å². The quantitative estimate of drug-likeness (QED) is 0.703. The summed E-state index contributed by atoms with van der Waals surface area (Å²) < 4.78 is 0. The fourth-order valence-corrected chi connectivity index (χ4v) is 3.13. The van der Waals surface area contributed by atoms with E-state index in [0.717, 1.165) is 18.5 Å². The van der Waals surface area contributed by atoms with E-state index < -0.39 is 0 Å². The molecule has 0 saturated carbocycles. The molecule has 0 aromatic rings. The number of nitrogens with two attached hydrogens (primary N) is 1. The van der Waals surface area contributed by atoms with Crippen LogP contribution in [0.4, 0.5) is 0 Å². The zero-order valence-corrected chi connectivity index (χ0v) is 8.54. The first-order chi connectivity index (χ1) is 6.42. The molecule has 0 unspecified atom stereocenters. The van der Waals surface area contributed by atoms with E-state index in [1.165, 1.54) is 51.6 Å². The van der Waals surface area contributed by atoms with Crippen molar-refractivity contribution in [2.45, 2.75) is 44.6 Å². The van der Waals surface area contributed by atoms with Gasteiger partial charge in [0.1, 0.15) is 0 Å². The number of fused-ring (bicyclic) bond motifs is 1. The minimum atomic E-state index is 0.884. The van der Waals surface area contributed by atoms with Crippen LogP contribution in [0.1, 0.15) is 38.5 Å². The Morgan fingerprint density at radius 3 is 2.77 bits per heavy atom. The minimum Gasteiger partial charge on any atom is -0.330 e. The van der Waals surface area contributed by atoms with Gasteiger partial charge in [-0.3, -0.25) is 0 Å².